The lowest BCUT2D eigenvalue weighted by molar-refractivity contribution is -0.378. The van der Waals surface area contributed by atoms with Crippen LogP contribution in [0.15, 0.2) is 239 Å². The van der Waals surface area contributed by atoms with Gasteiger partial charge in [-0.1, -0.05) is 52.3 Å². The van der Waals surface area contributed by atoms with E-state index in [9.17, 15) is 62.3 Å². The lowest BCUT2D eigenvalue weighted by Crippen LogP contribution is -3.00. The number of quaternary nitrogens is 1. The molecule has 0 saturated carbocycles. The second-order valence-electron chi connectivity index (χ2n) is 32.8. The van der Waals surface area contributed by atoms with Gasteiger partial charge in [-0.2, -0.15) is 0 Å². The molecule has 0 aliphatic carbocycles. The molecule has 14 rings (SSSR count). The number of H-pyrrole nitrogens is 1. The van der Waals surface area contributed by atoms with E-state index < -0.39 is 71.0 Å². The quantitative estimate of drug-likeness (QED) is 0.0333. The number of hydroxylamine groups is 3. The van der Waals surface area contributed by atoms with Crippen molar-refractivity contribution in [3.05, 3.63) is 256 Å². The summed E-state index contributed by atoms with van der Waals surface area (Å²) in [6.45, 7) is 30.2. The lowest BCUT2D eigenvalue weighted by Gasteiger charge is -2.44. The number of methoxy groups -OCH3 is 4. The molecule has 43 nitrogen and oxygen atoms in total. The molecule has 0 radical (unpaired) electrons. The number of ether oxygens (including phenoxy) is 8. The maximum absolute atomic E-state index is 12.3. The maximum atomic E-state index is 12.3. The summed E-state index contributed by atoms with van der Waals surface area (Å²) in [5, 5.41) is 19.3. The van der Waals surface area contributed by atoms with Gasteiger partial charge in [0.05, 0.1) is 54.6 Å². The molecule has 804 valence electrons. The molecule has 5 aliphatic rings. The number of carboxylic acid groups (broad SMARTS) is 1. The minimum Gasteiger partial charge on any atom is -1.00 e. The Labute approximate surface area is 871 Å². The van der Waals surface area contributed by atoms with Gasteiger partial charge in [0.25, 0.3) is 23.5 Å². The Morgan fingerprint density at radius 1 is 0.538 bits per heavy atom. The minimum atomic E-state index is -1.27. The maximum Gasteiger partial charge on any atom is 0.408 e. The third kappa shape index (κ3) is 62.7. The van der Waals surface area contributed by atoms with Gasteiger partial charge in [0.2, 0.25) is 5.91 Å². The number of amides is 7. The molecule has 9 aromatic rings. The number of hydrogen-bond acceptors (Lipinski definition) is 30. The number of Topliss-reactive ketones (excluding diaryl/α,β-unsaturated/α-hetero) is 3. The highest BCUT2D eigenvalue weighted by atomic mass is 79.9. The minimum absolute atomic E-state index is 0. The van der Waals surface area contributed by atoms with Crippen LogP contribution in [0, 0.1) is 0 Å². The largest absolute Gasteiger partial charge is 1.00 e. The summed E-state index contributed by atoms with van der Waals surface area (Å²) in [6, 6.07) is 45.3. The lowest BCUT2D eigenvalue weighted by atomic mass is 10.1. The molecule has 3 saturated heterocycles. The van der Waals surface area contributed by atoms with Crippen molar-refractivity contribution in [1.29, 1.82) is 0 Å². The van der Waals surface area contributed by atoms with Gasteiger partial charge in [0, 0.05) is 174 Å². The molecule has 145 heavy (non-hydrogen) atoms. The second-order valence-corrected chi connectivity index (χ2v) is 32.8. The number of esters is 2. The van der Waals surface area contributed by atoms with Crippen molar-refractivity contribution in [3.63, 3.8) is 0 Å². The number of alkyl carbamates (subject to hydrolysis) is 3. The molecular weight excluding hydrogens is 1990 g/mol. The van der Waals surface area contributed by atoms with Crippen LogP contribution in [0.3, 0.4) is 0 Å². The van der Waals surface area contributed by atoms with Crippen molar-refractivity contribution in [2.24, 2.45) is 0 Å². The van der Waals surface area contributed by atoms with Crippen LogP contribution in [-0.4, -0.2) is 296 Å². The molecule has 10 N–H and O–H groups in total. The van der Waals surface area contributed by atoms with Gasteiger partial charge in [0.1, 0.15) is 76.4 Å². The van der Waals surface area contributed by atoms with E-state index >= 15 is 0 Å². The molecule has 46 heteroatoms. The molecule has 4 unspecified atom stereocenters. The fourth-order valence-electron chi connectivity index (χ4n) is 11.5. The number of carbonyl (C=O) groups is 13. The van der Waals surface area contributed by atoms with Gasteiger partial charge in [-0.25, -0.2) is 39.5 Å². The second kappa shape index (κ2) is 78.1. The van der Waals surface area contributed by atoms with E-state index in [4.69, 9.17) is 33.5 Å². The van der Waals surface area contributed by atoms with Crippen molar-refractivity contribution in [2.45, 2.75) is 177 Å². The summed E-state index contributed by atoms with van der Waals surface area (Å²) >= 11 is 2.94. The predicted octanol–water partition coefficient (Wildman–Crippen LogP) is 3.67. The first kappa shape index (κ1) is 138. The number of carboxylic acids is 1. The number of rotatable bonds is 15. The zero-order chi connectivity index (χ0) is 108. The third-order valence-corrected chi connectivity index (χ3v) is 17.9. The summed E-state index contributed by atoms with van der Waals surface area (Å²) < 4.78 is 44.5. The average Bonchev–Trinajstić information content (AvgIpc) is 1.61. The Bertz CT molecular complexity index is 4570. The van der Waals surface area contributed by atoms with E-state index in [1.54, 1.807) is 173 Å². The highest BCUT2D eigenvalue weighted by Gasteiger charge is 2.51. The van der Waals surface area contributed by atoms with Gasteiger partial charge < -0.3 is 123 Å². The van der Waals surface area contributed by atoms with Crippen LogP contribution in [0.1, 0.15) is 148 Å². The highest BCUT2D eigenvalue weighted by Crippen LogP contribution is 2.35. The summed E-state index contributed by atoms with van der Waals surface area (Å²) in [7, 11) is 11.6. The van der Waals surface area contributed by atoms with E-state index in [0.29, 0.717) is 50.4 Å². The molecule has 4 atom stereocenters. The number of nitrogens with one attached hydrogen (secondary N) is 6. The fourth-order valence-corrected chi connectivity index (χ4v) is 11.5. The van der Waals surface area contributed by atoms with Crippen LogP contribution in [0.5, 0.6) is 0 Å². The molecule has 5 aliphatic heterocycles. The van der Waals surface area contributed by atoms with Crippen LogP contribution in [0.4, 0.5) is 14.4 Å². The highest BCUT2D eigenvalue weighted by molar-refractivity contribution is 9.08. The van der Waals surface area contributed by atoms with E-state index in [0.717, 1.165) is 30.4 Å². The molecule has 0 bridgehead atoms. The number of pyridine rings is 6. The van der Waals surface area contributed by atoms with Gasteiger partial charge in [-0.3, -0.25) is 73.4 Å². The van der Waals surface area contributed by atoms with Crippen LogP contribution < -0.4 is 62.3 Å². The molecule has 0 spiro atoms. The Morgan fingerprint density at radius 3 is 1.23 bits per heavy atom. The number of likely N-dealkylation sites (N-methyl/N-ethyl adjacent to an activating group) is 1. The number of aliphatic carboxylic acids is 1. The van der Waals surface area contributed by atoms with Crippen molar-refractivity contribution < 1.29 is 151 Å². The Balaban J connectivity index is -0.000000745. The monoisotopic (exact) mass is 2140 g/mol. The topological polar surface area (TPSA) is 529 Å². The Hall–Kier alpha value is -13.4. The summed E-state index contributed by atoms with van der Waals surface area (Å²) in [5.74, 6) is -1.61. The molecular formula is C99H148BrCl2N19O24. The van der Waals surface area contributed by atoms with Gasteiger partial charge >= 0.3 is 36.2 Å². The normalized spacial score (nSPS) is 15.3. The van der Waals surface area contributed by atoms with Crippen molar-refractivity contribution >= 4 is 93.1 Å². The van der Waals surface area contributed by atoms with Gasteiger partial charge in [-0.05, 0) is 193 Å². The van der Waals surface area contributed by atoms with Crippen LogP contribution in [0.25, 0.3) is 0 Å². The van der Waals surface area contributed by atoms with Crippen molar-refractivity contribution in [1.82, 2.24) is 85.1 Å². The Morgan fingerprint density at radius 2 is 0.931 bits per heavy atom. The van der Waals surface area contributed by atoms with E-state index in [-0.39, 0.29) is 97.4 Å². The van der Waals surface area contributed by atoms with Crippen molar-refractivity contribution in [2.75, 3.05) is 115 Å². The number of aromatic amines is 1. The SMILES string of the molecule is CBr.CC(=O)CNC(=O)OC(C)(C)C.CC(=O)C[NH3+].CC(=O)N1CCN2C(=O)c3cccn3CC12C.CC(C)(C)OC(=O)NCC(=O)O.CC12Cn3cccc3C(=O)N1CCN2.CNOC.COC(=O)C1(OC)CCC(OC)O1.COC(=O)c1cccn1CC(C)=O.CON(C)C(=O)CNC(=O)OC(C)(C)C.[Cl-].[Cl-].c1cc[nH+]cc1.c1ccncc1.c1ccncc1.c1ccncc1.c1ccncc1.c1ccncc1. The number of ketones is 3. The first-order chi connectivity index (χ1) is 67.6. The first-order valence-electron chi connectivity index (χ1n) is 44.6. The smallest absolute Gasteiger partial charge is 0.408 e. The first-order valence-corrected chi connectivity index (χ1v) is 46.2. The number of nitrogens with zero attached hydrogens (tertiary/aromatic N) is 12. The van der Waals surface area contributed by atoms with Crippen LogP contribution in [0.2, 0.25) is 0 Å². The zero-order valence-corrected chi connectivity index (χ0v) is 90.4. The van der Waals surface area contributed by atoms with Gasteiger partial charge in [-0.15, -0.1) is 0 Å². The van der Waals surface area contributed by atoms with E-state index in [2.05, 4.69) is 104 Å². The molecule has 7 amide bonds. The molecule has 0 aromatic carbocycles. The molecule has 3 fully saturated rings. The Kier molecular flexibility index (Phi) is 74.2. The zero-order valence-electron chi connectivity index (χ0n) is 87.3. The number of alkyl halides is 1. The third-order valence-electron chi connectivity index (χ3n) is 17.9. The number of carbonyl (C=O) groups excluding carboxylic acids is 12. The predicted molar refractivity (Wildman–Crippen MR) is 537 cm³/mol. The fraction of sp³-hybridized carbons (Fsp3) is 0.444. The van der Waals surface area contributed by atoms with E-state index in [1.807, 2.05) is 190 Å². The van der Waals surface area contributed by atoms with Crippen LogP contribution >= 0.6 is 15.9 Å². The number of fused-ring (bicyclic) bond motifs is 4. The van der Waals surface area contributed by atoms with Crippen molar-refractivity contribution in [3.8, 4) is 0 Å². The molecule has 14 heterocycles. The summed E-state index contributed by atoms with van der Waals surface area (Å²) in [5.41, 5.74) is 5.33. The summed E-state index contributed by atoms with van der Waals surface area (Å²) in [6.07, 6.45) is 25.6. The number of hydrogen-bond donors (Lipinski definition) is 7. The number of halogens is 3. The average molecular weight is 2140 g/mol. The standard InChI is InChI=1S/C12H15N3O2.C10H13N3O.C9H18N2O4.C9H11NO3.C8H15NO3.C8H14O5.C7H13NO4.6C5H5N.C3H7NO.C2H7NO.CH3Br.2ClH/c1-9(16)14-6-7-15-11(17)10-4-3-5-13(10)8-12(14,15)2;1-10-7-12-5-2-3-8(12)9(14)13(10)6-4-11-10;1-9(2,3)15-8(13)10-6-7(12)11(4)14-5;1-7(11)6-10-5-3-4-8(10)9(12)13-2;1-6(10)5-9-7(11)12-8(2,3)4;1-10-6-4-5-8(12-3,13-6)7(9)11-2;1-7(2,3)12-6(11)8-4-5(9)10;6*1-2-4-6-5-3-1;1-3(5)2-4;1-3-4-2;1-2;;/h3-5H,6-8H2,1-2H3;2-3,5,11H,4,6-7H2,1H3;6H2,1-5H3,(H,10,13);3-5H,6H2,1-2H3;5H2,1-4H3,(H,9,11);6H,4-5H2,1-3H3;4H2,1-3H3,(H,8,11)(H,9,10);6*1-5H;2,4H2,1H3;3H,1-2H3;1H3;2*1H. The summed E-state index contributed by atoms with van der Waals surface area (Å²) in [4.78, 5) is 180. The van der Waals surface area contributed by atoms with Crippen LogP contribution in [-0.2, 0) is 101 Å². The number of aromatic nitrogens is 9. The van der Waals surface area contributed by atoms with Gasteiger partial charge in [0.15, 0.2) is 24.5 Å². The van der Waals surface area contributed by atoms with E-state index in [1.165, 1.54) is 63.4 Å². The molecule has 9 aromatic heterocycles.